The van der Waals surface area contributed by atoms with Crippen molar-refractivity contribution >= 4 is 11.7 Å². The normalized spacial score (nSPS) is 31.0. The lowest BCUT2D eigenvalue weighted by Crippen LogP contribution is -2.35. The van der Waals surface area contributed by atoms with E-state index < -0.39 is 5.97 Å². The molecule has 2 aromatic rings. The highest BCUT2D eigenvalue weighted by molar-refractivity contribution is 5.88. The summed E-state index contributed by atoms with van der Waals surface area (Å²) in [5, 5.41) is 13.1. The molecule has 2 saturated carbocycles. The molecule has 2 bridgehead atoms. The molecule has 0 aromatic heterocycles. The fourth-order valence-electron chi connectivity index (χ4n) is 5.76. The predicted octanol–water partition coefficient (Wildman–Crippen LogP) is 4.69. The van der Waals surface area contributed by atoms with E-state index in [9.17, 15) is 9.90 Å². The van der Waals surface area contributed by atoms with Gasteiger partial charge in [-0.05, 0) is 84.4 Å². The Kier molecular flexibility index (Phi) is 3.49. The monoisotopic (exact) mass is 349 g/mol. The van der Waals surface area contributed by atoms with Gasteiger partial charge in [0.05, 0.1) is 18.7 Å². The van der Waals surface area contributed by atoms with Crippen LogP contribution in [0.5, 0.6) is 5.75 Å². The van der Waals surface area contributed by atoms with Gasteiger partial charge < -0.3 is 15.2 Å². The maximum absolute atomic E-state index is 11.5. The standard InChI is InChI=1S/C22H23NO3/c1-26-16-7-4-12(5-8-16)21-20-14-3-2-13(10-14)19(20)17-11-15(22(24)25)6-9-18(17)23-21/h4-9,11,13-14,19-21,23H,2-3,10H2,1H3,(H,24,25)/t13-,14-,19-,20+,21-/m0/s1. The second-order valence-corrected chi connectivity index (χ2v) is 7.94. The van der Waals surface area contributed by atoms with Crippen LogP contribution < -0.4 is 10.1 Å². The van der Waals surface area contributed by atoms with Gasteiger partial charge in [0.2, 0.25) is 0 Å². The second kappa shape index (κ2) is 5.76. The number of aromatic carboxylic acids is 1. The van der Waals surface area contributed by atoms with Crippen molar-refractivity contribution in [2.75, 3.05) is 12.4 Å². The first kappa shape index (κ1) is 15.7. The molecule has 134 valence electrons. The van der Waals surface area contributed by atoms with Crippen molar-refractivity contribution in [2.24, 2.45) is 17.8 Å². The fraction of sp³-hybridized carbons (Fsp3) is 0.409. The first-order valence-corrected chi connectivity index (χ1v) is 9.43. The average molecular weight is 349 g/mol. The molecule has 2 N–H and O–H groups in total. The first-order valence-electron chi connectivity index (χ1n) is 9.43. The van der Waals surface area contributed by atoms with Crippen molar-refractivity contribution in [3.8, 4) is 5.75 Å². The molecular weight excluding hydrogens is 326 g/mol. The lowest BCUT2D eigenvalue weighted by Gasteiger charge is -2.43. The van der Waals surface area contributed by atoms with E-state index in [1.807, 2.05) is 24.3 Å². The van der Waals surface area contributed by atoms with Crippen LogP contribution in [0.25, 0.3) is 0 Å². The lowest BCUT2D eigenvalue weighted by molar-refractivity contribution is 0.0696. The van der Waals surface area contributed by atoms with Gasteiger partial charge in [-0.2, -0.15) is 0 Å². The van der Waals surface area contributed by atoms with E-state index in [2.05, 4.69) is 17.4 Å². The van der Waals surface area contributed by atoms with Gasteiger partial charge in [0, 0.05) is 5.69 Å². The number of hydrogen-bond donors (Lipinski definition) is 2. The molecule has 0 unspecified atom stereocenters. The molecule has 4 heteroatoms. The topological polar surface area (TPSA) is 58.6 Å². The number of nitrogens with one attached hydrogen (secondary N) is 1. The van der Waals surface area contributed by atoms with Crippen LogP contribution in [0.3, 0.4) is 0 Å². The number of methoxy groups -OCH3 is 1. The summed E-state index contributed by atoms with van der Waals surface area (Å²) in [5.74, 6) is 2.46. The molecule has 2 fully saturated rings. The smallest absolute Gasteiger partial charge is 0.335 e. The van der Waals surface area contributed by atoms with Crippen molar-refractivity contribution < 1.29 is 14.6 Å². The minimum absolute atomic E-state index is 0.282. The summed E-state index contributed by atoms with van der Waals surface area (Å²) in [6, 6.07) is 14.2. The zero-order chi connectivity index (χ0) is 17.8. The van der Waals surface area contributed by atoms with E-state index >= 15 is 0 Å². The third-order valence-corrected chi connectivity index (χ3v) is 6.81. The summed E-state index contributed by atoms with van der Waals surface area (Å²) in [4.78, 5) is 11.5. The lowest BCUT2D eigenvalue weighted by atomic mass is 9.68. The van der Waals surface area contributed by atoms with Crippen LogP contribution in [0.1, 0.15) is 52.7 Å². The number of rotatable bonds is 3. The largest absolute Gasteiger partial charge is 0.497 e. The van der Waals surface area contributed by atoms with Gasteiger partial charge in [0.15, 0.2) is 0 Å². The Bertz CT molecular complexity index is 860. The van der Waals surface area contributed by atoms with Crippen molar-refractivity contribution in [1.82, 2.24) is 0 Å². The summed E-state index contributed by atoms with van der Waals surface area (Å²) >= 11 is 0. The summed E-state index contributed by atoms with van der Waals surface area (Å²) < 4.78 is 5.31. The summed E-state index contributed by atoms with van der Waals surface area (Å²) in [5.41, 5.74) is 4.01. The van der Waals surface area contributed by atoms with E-state index in [4.69, 9.17) is 4.74 Å². The van der Waals surface area contributed by atoms with E-state index in [1.54, 1.807) is 13.2 Å². The van der Waals surface area contributed by atoms with Gasteiger partial charge >= 0.3 is 5.97 Å². The van der Waals surface area contributed by atoms with E-state index in [0.717, 1.165) is 17.4 Å². The number of benzene rings is 2. The van der Waals surface area contributed by atoms with Gasteiger partial charge in [-0.15, -0.1) is 0 Å². The number of carbonyl (C=O) groups is 1. The highest BCUT2D eigenvalue weighted by atomic mass is 16.5. The van der Waals surface area contributed by atoms with Crippen LogP contribution in [0.15, 0.2) is 42.5 Å². The average Bonchev–Trinajstić information content (AvgIpc) is 3.29. The van der Waals surface area contributed by atoms with E-state index in [0.29, 0.717) is 23.3 Å². The van der Waals surface area contributed by atoms with Crippen molar-refractivity contribution in [1.29, 1.82) is 0 Å². The van der Waals surface area contributed by atoms with Gasteiger partial charge in [-0.3, -0.25) is 0 Å². The Morgan fingerprint density at radius 3 is 2.62 bits per heavy atom. The van der Waals surface area contributed by atoms with Crippen LogP contribution in [0.2, 0.25) is 0 Å². The van der Waals surface area contributed by atoms with Gasteiger partial charge in [0.25, 0.3) is 0 Å². The van der Waals surface area contributed by atoms with Gasteiger partial charge in [-0.1, -0.05) is 12.1 Å². The number of carboxylic acids is 1. The van der Waals surface area contributed by atoms with E-state index in [1.165, 1.54) is 30.4 Å². The molecule has 5 rings (SSSR count). The summed E-state index contributed by atoms with van der Waals surface area (Å²) in [6.07, 6.45) is 3.85. The van der Waals surface area contributed by atoms with Crippen LogP contribution >= 0.6 is 0 Å². The van der Waals surface area contributed by atoms with Gasteiger partial charge in [-0.25, -0.2) is 4.79 Å². The molecule has 2 aliphatic carbocycles. The zero-order valence-electron chi connectivity index (χ0n) is 14.8. The Balaban J connectivity index is 1.59. The molecule has 1 heterocycles. The van der Waals surface area contributed by atoms with Crippen molar-refractivity contribution in [3.05, 3.63) is 59.2 Å². The molecule has 0 spiro atoms. The number of hydrogen-bond acceptors (Lipinski definition) is 3. The third-order valence-electron chi connectivity index (χ3n) is 6.81. The number of carboxylic acid groups (broad SMARTS) is 1. The molecule has 26 heavy (non-hydrogen) atoms. The minimum atomic E-state index is -0.843. The molecule has 4 nitrogen and oxygen atoms in total. The van der Waals surface area contributed by atoms with Crippen LogP contribution in [0.4, 0.5) is 5.69 Å². The fourth-order valence-corrected chi connectivity index (χ4v) is 5.76. The quantitative estimate of drug-likeness (QED) is 0.844. The molecular formula is C22H23NO3. The zero-order valence-corrected chi connectivity index (χ0v) is 14.8. The summed E-state index contributed by atoms with van der Waals surface area (Å²) in [6.45, 7) is 0. The van der Waals surface area contributed by atoms with Crippen LogP contribution in [-0.2, 0) is 0 Å². The summed E-state index contributed by atoms with van der Waals surface area (Å²) in [7, 11) is 1.69. The molecule has 1 aliphatic heterocycles. The Morgan fingerprint density at radius 1 is 1.12 bits per heavy atom. The second-order valence-electron chi connectivity index (χ2n) is 7.94. The Labute approximate surface area is 153 Å². The first-order chi connectivity index (χ1) is 12.7. The Hall–Kier alpha value is -2.49. The SMILES string of the molecule is COc1ccc([C@@H]2Nc3ccc(C(=O)O)cc3[C@@H]3[C@H]4CC[C@@H](C4)[C@H]32)cc1. The molecule has 3 aliphatic rings. The van der Waals surface area contributed by atoms with Crippen molar-refractivity contribution in [3.63, 3.8) is 0 Å². The third kappa shape index (κ3) is 2.24. The highest BCUT2D eigenvalue weighted by Gasteiger charge is 2.53. The number of fused-ring (bicyclic) bond motifs is 7. The van der Waals surface area contributed by atoms with Crippen LogP contribution in [-0.4, -0.2) is 18.2 Å². The van der Waals surface area contributed by atoms with Gasteiger partial charge in [0.1, 0.15) is 5.75 Å². The highest BCUT2D eigenvalue weighted by Crippen LogP contribution is 2.63. The van der Waals surface area contributed by atoms with Crippen LogP contribution in [0, 0.1) is 17.8 Å². The minimum Gasteiger partial charge on any atom is -0.497 e. The predicted molar refractivity (Wildman–Crippen MR) is 99.8 cm³/mol. The van der Waals surface area contributed by atoms with Crippen molar-refractivity contribution in [2.45, 2.75) is 31.2 Å². The molecule has 0 radical (unpaired) electrons. The van der Waals surface area contributed by atoms with E-state index in [-0.39, 0.29) is 6.04 Å². The molecule has 0 saturated heterocycles. The molecule has 2 aromatic carbocycles. The maximum Gasteiger partial charge on any atom is 0.335 e. The maximum atomic E-state index is 11.5. The molecule has 5 atom stereocenters. The Morgan fingerprint density at radius 2 is 1.88 bits per heavy atom. The molecule has 0 amide bonds. The number of ether oxygens (including phenoxy) is 1. The number of anilines is 1.